The van der Waals surface area contributed by atoms with Gasteiger partial charge in [0, 0.05) is 31.9 Å². The summed E-state index contributed by atoms with van der Waals surface area (Å²) in [5.74, 6) is 0. The van der Waals surface area contributed by atoms with Crippen molar-refractivity contribution in [3.63, 3.8) is 0 Å². The van der Waals surface area contributed by atoms with Crippen LogP contribution in [0.3, 0.4) is 0 Å². The summed E-state index contributed by atoms with van der Waals surface area (Å²) in [6, 6.07) is 0.420. The van der Waals surface area contributed by atoms with Crippen molar-refractivity contribution in [3.8, 4) is 0 Å². The van der Waals surface area contributed by atoms with Crippen LogP contribution < -0.4 is 10.0 Å². The molecule has 1 aliphatic rings. The molecule has 1 fully saturated rings. The molecular weight excluding hydrogens is 240 g/mol. The molecule has 17 heavy (non-hydrogen) atoms. The van der Waals surface area contributed by atoms with Crippen LogP contribution in [0.25, 0.3) is 0 Å². The van der Waals surface area contributed by atoms with Gasteiger partial charge in [0.1, 0.15) is 0 Å². The van der Waals surface area contributed by atoms with Crippen LogP contribution in [0.1, 0.15) is 19.8 Å². The smallest absolute Gasteiger partial charge is 0.259 e. The summed E-state index contributed by atoms with van der Waals surface area (Å²) in [6.07, 6.45) is 4.83. The van der Waals surface area contributed by atoms with Gasteiger partial charge in [-0.25, -0.2) is 18.1 Å². The third-order valence-electron chi connectivity index (χ3n) is 2.94. The fraction of sp³-hybridized carbons (Fsp3) is 0.700. The van der Waals surface area contributed by atoms with Gasteiger partial charge >= 0.3 is 0 Å². The number of sulfonamides is 1. The van der Waals surface area contributed by atoms with Gasteiger partial charge in [-0.3, -0.25) is 0 Å². The number of aromatic nitrogens is 2. The third-order valence-corrected chi connectivity index (χ3v) is 4.34. The van der Waals surface area contributed by atoms with Crippen LogP contribution in [0.2, 0.25) is 0 Å². The SMILES string of the molecule is CC1CCC(NS(=O)(=O)c2cn(C)cn2)CN1. The lowest BCUT2D eigenvalue weighted by atomic mass is 10.0. The van der Waals surface area contributed by atoms with Gasteiger partial charge in [0.2, 0.25) is 0 Å². The van der Waals surface area contributed by atoms with E-state index in [0.717, 1.165) is 12.8 Å². The first-order chi connectivity index (χ1) is 7.97. The predicted octanol–water partition coefficient (Wildman–Crippen LogP) is -0.161. The zero-order valence-corrected chi connectivity index (χ0v) is 10.9. The van der Waals surface area contributed by atoms with E-state index in [-0.39, 0.29) is 11.1 Å². The van der Waals surface area contributed by atoms with Crippen molar-refractivity contribution >= 4 is 10.0 Å². The fourth-order valence-electron chi connectivity index (χ4n) is 1.91. The predicted molar refractivity (Wildman–Crippen MR) is 64.0 cm³/mol. The van der Waals surface area contributed by atoms with E-state index in [9.17, 15) is 8.42 Å². The lowest BCUT2D eigenvalue weighted by Gasteiger charge is -2.27. The minimum atomic E-state index is -3.48. The highest BCUT2D eigenvalue weighted by Crippen LogP contribution is 2.11. The lowest BCUT2D eigenvalue weighted by Crippen LogP contribution is -2.48. The van der Waals surface area contributed by atoms with Gasteiger partial charge in [-0.15, -0.1) is 0 Å². The largest absolute Gasteiger partial charge is 0.339 e. The quantitative estimate of drug-likeness (QED) is 0.790. The van der Waals surface area contributed by atoms with E-state index < -0.39 is 10.0 Å². The number of hydrogen-bond donors (Lipinski definition) is 2. The minimum absolute atomic E-state index is 0.0433. The molecule has 2 rings (SSSR count). The van der Waals surface area contributed by atoms with Crippen molar-refractivity contribution < 1.29 is 8.42 Å². The Balaban J connectivity index is 2.03. The van der Waals surface area contributed by atoms with E-state index >= 15 is 0 Å². The monoisotopic (exact) mass is 258 g/mol. The van der Waals surface area contributed by atoms with Gasteiger partial charge in [-0.1, -0.05) is 0 Å². The number of rotatable bonds is 3. The molecule has 1 aromatic rings. The van der Waals surface area contributed by atoms with Crippen LogP contribution >= 0.6 is 0 Å². The molecule has 0 spiro atoms. The van der Waals surface area contributed by atoms with Crippen molar-refractivity contribution in [2.75, 3.05) is 6.54 Å². The highest BCUT2D eigenvalue weighted by Gasteiger charge is 2.24. The molecule has 2 atom stereocenters. The second-order valence-corrected chi connectivity index (χ2v) is 6.24. The molecular formula is C10H18N4O2S. The van der Waals surface area contributed by atoms with Gasteiger partial charge < -0.3 is 9.88 Å². The first kappa shape index (κ1) is 12.5. The van der Waals surface area contributed by atoms with E-state index in [1.54, 1.807) is 11.6 Å². The van der Waals surface area contributed by atoms with Gasteiger partial charge in [0.05, 0.1) is 6.33 Å². The topological polar surface area (TPSA) is 76.0 Å². The van der Waals surface area contributed by atoms with E-state index in [2.05, 4.69) is 21.9 Å². The van der Waals surface area contributed by atoms with Crippen LogP contribution in [0.4, 0.5) is 0 Å². The molecule has 96 valence electrons. The Bertz CT molecular complexity index is 474. The van der Waals surface area contributed by atoms with Crippen molar-refractivity contribution in [3.05, 3.63) is 12.5 Å². The van der Waals surface area contributed by atoms with E-state index in [1.165, 1.54) is 12.5 Å². The van der Waals surface area contributed by atoms with Crippen molar-refractivity contribution in [1.29, 1.82) is 0 Å². The molecule has 1 aliphatic heterocycles. The maximum atomic E-state index is 12.0. The van der Waals surface area contributed by atoms with E-state index in [0.29, 0.717) is 12.6 Å². The third kappa shape index (κ3) is 3.05. The Hall–Kier alpha value is -0.920. The Morgan fingerprint density at radius 3 is 2.82 bits per heavy atom. The molecule has 0 saturated carbocycles. The summed E-state index contributed by atoms with van der Waals surface area (Å²) >= 11 is 0. The van der Waals surface area contributed by atoms with Crippen LogP contribution in [-0.4, -0.2) is 36.6 Å². The second kappa shape index (κ2) is 4.75. The number of nitrogens with one attached hydrogen (secondary N) is 2. The molecule has 0 amide bonds. The standard InChI is InChI=1S/C10H18N4O2S/c1-8-3-4-9(5-11-8)13-17(15,16)10-6-14(2)7-12-10/h6-9,11,13H,3-5H2,1-2H3. The number of aryl methyl sites for hydroxylation is 1. The Kier molecular flexibility index (Phi) is 3.50. The summed E-state index contributed by atoms with van der Waals surface area (Å²) < 4.78 is 28.3. The maximum Gasteiger partial charge on any atom is 0.259 e. The maximum absolute atomic E-state index is 12.0. The second-order valence-electron chi connectivity index (χ2n) is 4.58. The zero-order valence-electron chi connectivity index (χ0n) is 10.0. The molecule has 2 N–H and O–H groups in total. The van der Waals surface area contributed by atoms with Crippen molar-refractivity contribution in [1.82, 2.24) is 19.6 Å². The van der Waals surface area contributed by atoms with Crippen LogP contribution in [-0.2, 0) is 17.1 Å². The fourth-order valence-corrected chi connectivity index (χ4v) is 3.16. The molecule has 7 heteroatoms. The van der Waals surface area contributed by atoms with Crippen molar-refractivity contribution in [2.24, 2.45) is 7.05 Å². The van der Waals surface area contributed by atoms with Gasteiger partial charge in [-0.2, -0.15) is 0 Å². The Morgan fingerprint density at radius 2 is 2.29 bits per heavy atom. The normalized spacial score (nSPS) is 26.0. The summed E-state index contributed by atoms with van der Waals surface area (Å²) in [4.78, 5) is 3.86. The average Bonchev–Trinajstić information content (AvgIpc) is 2.69. The molecule has 2 heterocycles. The summed E-state index contributed by atoms with van der Waals surface area (Å²) in [6.45, 7) is 2.77. The van der Waals surface area contributed by atoms with E-state index in [4.69, 9.17) is 0 Å². The lowest BCUT2D eigenvalue weighted by molar-refractivity contribution is 0.366. The molecule has 0 aliphatic carbocycles. The number of imidazole rings is 1. The van der Waals surface area contributed by atoms with Crippen LogP contribution in [0, 0.1) is 0 Å². The molecule has 1 saturated heterocycles. The molecule has 2 unspecified atom stereocenters. The highest BCUT2D eigenvalue weighted by atomic mass is 32.2. The molecule has 0 bridgehead atoms. The molecule has 0 radical (unpaired) electrons. The average molecular weight is 258 g/mol. The first-order valence-electron chi connectivity index (χ1n) is 5.71. The number of piperidine rings is 1. The summed E-state index contributed by atoms with van der Waals surface area (Å²) in [5, 5.41) is 3.34. The van der Waals surface area contributed by atoms with Crippen molar-refractivity contribution in [2.45, 2.75) is 36.9 Å². The minimum Gasteiger partial charge on any atom is -0.339 e. The Morgan fingerprint density at radius 1 is 1.53 bits per heavy atom. The van der Waals surface area contributed by atoms with Gasteiger partial charge in [-0.05, 0) is 19.8 Å². The molecule has 1 aromatic heterocycles. The number of nitrogens with zero attached hydrogens (tertiary/aromatic N) is 2. The Labute approximate surface area is 101 Å². The van der Waals surface area contributed by atoms with Gasteiger partial charge in [0.25, 0.3) is 10.0 Å². The van der Waals surface area contributed by atoms with Gasteiger partial charge in [0.15, 0.2) is 5.03 Å². The highest BCUT2D eigenvalue weighted by molar-refractivity contribution is 7.89. The van der Waals surface area contributed by atoms with Crippen LogP contribution in [0.15, 0.2) is 17.6 Å². The summed E-state index contributed by atoms with van der Waals surface area (Å²) in [7, 11) is -1.73. The molecule has 6 nitrogen and oxygen atoms in total. The van der Waals surface area contributed by atoms with E-state index in [1.807, 2.05) is 0 Å². The van der Waals surface area contributed by atoms with Crippen LogP contribution in [0.5, 0.6) is 0 Å². The molecule has 0 aromatic carbocycles. The number of hydrogen-bond acceptors (Lipinski definition) is 4. The zero-order chi connectivity index (χ0) is 12.5. The first-order valence-corrected chi connectivity index (χ1v) is 7.19. The summed E-state index contributed by atoms with van der Waals surface area (Å²) in [5.41, 5.74) is 0.